The Kier molecular flexibility index (Phi) is 5.54. The number of hydrogen-bond acceptors (Lipinski definition) is 5. The minimum atomic E-state index is -0.190. The summed E-state index contributed by atoms with van der Waals surface area (Å²) >= 11 is 1.28. The van der Waals surface area contributed by atoms with E-state index in [2.05, 4.69) is 17.0 Å². The molecule has 0 aliphatic heterocycles. The Labute approximate surface area is 146 Å². The summed E-state index contributed by atoms with van der Waals surface area (Å²) in [6, 6.07) is 0. The molecule has 0 atom stereocenters. The summed E-state index contributed by atoms with van der Waals surface area (Å²) in [6.45, 7) is 8.36. The lowest BCUT2D eigenvalue weighted by molar-refractivity contribution is 0.0797. The second-order valence-corrected chi connectivity index (χ2v) is 7.03. The Morgan fingerprint density at radius 1 is 1.25 bits per heavy atom. The fourth-order valence-corrected chi connectivity index (χ4v) is 3.63. The van der Waals surface area contributed by atoms with Crippen LogP contribution in [0.1, 0.15) is 46.4 Å². The van der Waals surface area contributed by atoms with Crippen molar-refractivity contribution in [3.05, 3.63) is 32.2 Å². The van der Waals surface area contributed by atoms with Crippen LogP contribution in [-0.2, 0) is 7.05 Å². The number of unbranched alkanes of at least 4 members (excludes halogenated alkanes) is 1. The molecule has 0 saturated carbocycles. The van der Waals surface area contributed by atoms with E-state index in [1.165, 1.54) is 16.0 Å². The van der Waals surface area contributed by atoms with Crippen molar-refractivity contribution in [3.63, 3.8) is 0 Å². The zero-order valence-electron chi connectivity index (χ0n) is 15.1. The van der Waals surface area contributed by atoms with Crippen molar-refractivity contribution in [3.8, 4) is 10.6 Å². The van der Waals surface area contributed by atoms with E-state index in [9.17, 15) is 9.59 Å². The highest BCUT2D eigenvalue weighted by Crippen LogP contribution is 2.29. The highest BCUT2D eigenvalue weighted by molar-refractivity contribution is 7.17. The van der Waals surface area contributed by atoms with Crippen molar-refractivity contribution in [2.24, 2.45) is 7.05 Å². The third kappa shape index (κ3) is 3.40. The van der Waals surface area contributed by atoms with Gasteiger partial charge in [-0.05, 0) is 32.8 Å². The summed E-state index contributed by atoms with van der Waals surface area (Å²) in [5.41, 5.74) is 2.61. The number of carbonyl (C=O) groups excluding carboxylic acids is 1. The number of hydrogen-bond donors (Lipinski definition) is 0. The normalized spacial score (nSPS) is 10.9. The molecule has 2 aromatic rings. The van der Waals surface area contributed by atoms with Gasteiger partial charge in [0.05, 0.1) is 17.0 Å². The topological polar surface area (TPSA) is 68.1 Å². The third-order valence-corrected chi connectivity index (χ3v) is 5.29. The zero-order chi connectivity index (χ0) is 18.0. The lowest BCUT2D eigenvalue weighted by Gasteiger charge is -2.15. The average molecular weight is 348 g/mol. The van der Waals surface area contributed by atoms with Crippen LogP contribution in [0.3, 0.4) is 0 Å². The fourth-order valence-electron chi connectivity index (χ4n) is 2.47. The molecule has 0 N–H and O–H groups in total. The molecule has 0 saturated heterocycles. The number of rotatable bonds is 5. The molecule has 24 heavy (non-hydrogen) atoms. The maximum atomic E-state index is 12.6. The summed E-state index contributed by atoms with van der Waals surface area (Å²) in [5, 5.41) is 4.78. The van der Waals surface area contributed by atoms with Gasteiger partial charge in [-0.1, -0.05) is 13.3 Å². The molecule has 0 unspecified atom stereocenters. The summed E-state index contributed by atoms with van der Waals surface area (Å²) in [5.74, 6) is -0.0371. The molecule has 2 heterocycles. The van der Waals surface area contributed by atoms with E-state index in [0.29, 0.717) is 21.1 Å². The van der Waals surface area contributed by atoms with Crippen molar-refractivity contribution in [2.45, 2.75) is 40.5 Å². The van der Waals surface area contributed by atoms with Gasteiger partial charge in [0.2, 0.25) is 0 Å². The standard InChI is InChI=1S/C17H24N4O2S/c1-7-8-9-20(5)17(23)14-12(4)18-15(24-14)13-10(2)11(3)19-21(6)16(13)22/h7-9H2,1-6H3. The molecule has 1 amide bonds. The van der Waals surface area contributed by atoms with Crippen LogP contribution in [0.5, 0.6) is 0 Å². The van der Waals surface area contributed by atoms with E-state index >= 15 is 0 Å². The Morgan fingerprint density at radius 3 is 2.54 bits per heavy atom. The molecule has 0 aliphatic rings. The van der Waals surface area contributed by atoms with Crippen molar-refractivity contribution >= 4 is 17.2 Å². The second-order valence-electron chi connectivity index (χ2n) is 6.03. The Hall–Kier alpha value is -2.02. The molecule has 6 nitrogen and oxygen atoms in total. The molecule has 0 bridgehead atoms. The molecule has 0 fully saturated rings. The van der Waals surface area contributed by atoms with Gasteiger partial charge in [0.25, 0.3) is 11.5 Å². The van der Waals surface area contributed by atoms with Crippen LogP contribution in [0, 0.1) is 20.8 Å². The first-order chi connectivity index (χ1) is 11.3. The van der Waals surface area contributed by atoms with Crippen molar-refractivity contribution in [1.29, 1.82) is 0 Å². The van der Waals surface area contributed by atoms with E-state index in [-0.39, 0.29) is 11.5 Å². The number of aromatic nitrogens is 3. The molecule has 0 aromatic carbocycles. The SMILES string of the molecule is CCCCN(C)C(=O)c1sc(-c2c(C)c(C)nn(C)c2=O)nc1C. The Bertz CT molecular complexity index is 823. The third-order valence-electron chi connectivity index (χ3n) is 4.12. The molecular weight excluding hydrogens is 324 g/mol. The van der Waals surface area contributed by atoms with E-state index in [4.69, 9.17) is 0 Å². The summed E-state index contributed by atoms with van der Waals surface area (Å²) in [6.07, 6.45) is 2.01. The molecule has 0 radical (unpaired) electrons. The fraction of sp³-hybridized carbons (Fsp3) is 0.529. The van der Waals surface area contributed by atoms with Gasteiger partial charge in [0.1, 0.15) is 9.88 Å². The zero-order valence-corrected chi connectivity index (χ0v) is 16.0. The monoisotopic (exact) mass is 348 g/mol. The number of carbonyl (C=O) groups is 1. The van der Waals surface area contributed by atoms with E-state index < -0.39 is 0 Å². The van der Waals surface area contributed by atoms with Gasteiger partial charge in [0, 0.05) is 20.6 Å². The maximum Gasteiger partial charge on any atom is 0.277 e. The lowest BCUT2D eigenvalue weighted by atomic mass is 10.1. The summed E-state index contributed by atoms with van der Waals surface area (Å²) in [4.78, 5) is 31.9. The van der Waals surface area contributed by atoms with E-state index in [1.54, 1.807) is 19.0 Å². The molecule has 0 spiro atoms. The molecule has 7 heteroatoms. The molecule has 2 aromatic heterocycles. The second kappa shape index (κ2) is 7.25. The van der Waals surface area contributed by atoms with Crippen LogP contribution in [0.25, 0.3) is 10.6 Å². The van der Waals surface area contributed by atoms with Gasteiger partial charge < -0.3 is 4.90 Å². The number of amides is 1. The summed E-state index contributed by atoms with van der Waals surface area (Å²) in [7, 11) is 3.43. The van der Waals surface area contributed by atoms with Crippen LogP contribution >= 0.6 is 11.3 Å². The first-order valence-corrected chi connectivity index (χ1v) is 8.87. The molecule has 2 rings (SSSR count). The number of nitrogens with zero attached hydrogens (tertiary/aromatic N) is 4. The molecule has 0 aliphatic carbocycles. The van der Waals surface area contributed by atoms with Gasteiger partial charge in [0.15, 0.2) is 0 Å². The largest absolute Gasteiger partial charge is 0.341 e. The van der Waals surface area contributed by atoms with Crippen LogP contribution in [-0.4, -0.2) is 39.2 Å². The van der Waals surface area contributed by atoms with Crippen molar-refractivity contribution in [2.75, 3.05) is 13.6 Å². The first kappa shape index (κ1) is 18.3. The molecular formula is C17H24N4O2S. The van der Waals surface area contributed by atoms with Crippen LogP contribution in [0.15, 0.2) is 4.79 Å². The van der Waals surface area contributed by atoms with Crippen LogP contribution < -0.4 is 5.56 Å². The predicted octanol–water partition coefficient (Wildman–Crippen LogP) is 2.70. The number of thiazole rings is 1. The van der Waals surface area contributed by atoms with Gasteiger partial charge in [-0.25, -0.2) is 9.67 Å². The van der Waals surface area contributed by atoms with E-state index in [0.717, 1.165) is 30.6 Å². The minimum absolute atomic E-state index is 0.0371. The van der Waals surface area contributed by atoms with Crippen LogP contribution in [0.4, 0.5) is 0 Å². The van der Waals surface area contributed by atoms with Crippen LogP contribution in [0.2, 0.25) is 0 Å². The number of aryl methyl sites for hydroxylation is 3. The van der Waals surface area contributed by atoms with E-state index in [1.807, 2.05) is 20.8 Å². The van der Waals surface area contributed by atoms with Crippen molar-refractivity contribution < 1.29 is 4.79 Å². The quantitative estimate of drug-likeness (QED) is 0.833. The lowest BCUT2D eigenvalue weighted by Crippen LogP contribution is -2.27. The first-order valence-electron chi connectivity index (χ1n) is 8.05. The highest BCUT2D eigenvalue weighted by Gasteiger charge is 2.22. The van der Waals surface area contributed by atoms with Gasteiger partial charge in [-0.2, -0.15) is 5.10 Å². The molecule has 130 valence electrons. The Morgan fingerprint density at radius 2 is 1.92 bits per heavy atom. The Balaban J connectivity index is 2.47. The highest BCUT2D eigenvalue weighted by atomic mass is 32.1. The summed E-state index contributed by atoms with van der Waals surface area (Å²) < 4.78 is 1.32. The smallest absolute Gasteiger partial charge is 0.277 e. The van der Waals surface area contributed by atoms with Crippen molar-refractivity contribution in [1.82, 2.24) is 19.7 Å². The van der Waals surface area contributed by atoms with Gasteiger partial charge in [-0.15, -0.1) is 11.3 Å². The van der Waals surface area contributed by atoms with Gasteiger partial charge >= 0.3 is 0 Å². The maximum absolute atomic E-state index is 12.6. The predicted molar refractivity (Wildman–Crippen MR) is 96.7 cm³/mol. The van der Waals surface area contributed by atoms with Gasteiger partial charge in [-0.3, -0.25) is 9.59 Å². The average Bonchev–Trinajstić information content (AvgIpc) is 2.91. The minimum Gasteiger partial charge on any atom is -0.341 e.